The molecule has 0 saturated carbocycles. The van der Waals surface area contributed by atoms with Crippen LogP contribution in [0, 0.1) is 0 Å². The van der Waals surface area contributed by atoms with E-state index in [9.17, 15) is 10.2 Å². The van der Waals surface area contributed by atoms with Crippen LogP contribution in [0.4, 0.5) is 0 Å². The Morgan fingerprint density at radius 2 is 0.618 bits per heavy atom. The van der Waals surface area contributed by atoms with Crippen LogP contribution >= 0.6 is 14.5 Å². The molecule has 1 saturated heterocycles. The summed E-state index contributed by atoms with van der Waals surface area (Å²) in [5.74, 6) is -1.05. The third kappa shape index (κ3) is 4.45. The summed E-state index contributed by atoms with van der Waals surface area (Å²) in [6.07, 6.45) is 1.17. The minimum Gasteiger partial charge on any atom is -1.00 e. The van der Waals surface area contributed by atoms with Crippen LogP contribution in [-0.4, -0.2) is 34.2 Å². The van der Waals surface area contributed by atoms with Gasteiger partial charge in [-0.1, -0.05) is 72.8 Å². The van der Waals surface area contributed by atoms with E-state index in [0.29, 0.717) is 12.3 Å². The lowest BCUT2D eigenvalue weighted by molar-refractivity contribution is -0.001000. The van der Waals surface area contributed by atoms with Crippen molar-refractivity contribution in [2.24, 2.45) is 0 Å². The zero-order valence-electron chi connectivity index (χ0n) is 18.7. The molecule has 1 aliphatic heterocycles. The summed E-state index contributed by atoms with van der Waals surface area (Å²) in [4.78, 5) is 0. The van der Waals surface area contributed by atoms with Crippen LogP contribution < -0.4 is 46.0 Å². The summed E-state index contributed by atoms with van der Waals surface area (Å²) in [7, 11) is -4.46. The standard InChI is InChI=1S/C28H28O2P2.2ClH/c29-27-22-32(25-17-9-3-10-18-25,26-19-11-4-12-20-26)28(30)21-31(27,23-13-5-1-6-14-23)24-15-7-2-8-16-24;;/h1-20,27-30H,21-22H2;2*1H/q+2;;/p-2/t27-,28+;;. The molecule has 1 aliphatic rings. The molecule has 2 nitrogen and oxygen atoms in total. The third-order valence-electron chi connectivity index (χ3n) is 6.79. The predicted molar refractivity (Wildman–Crippen MR) is 140 cm³/mol. The molecular weight excluding hydrogens is 501 g/mol. The van der Waals surface area contributed by atoms with E-state index in [1.807, 2.05) is 72.8 Å². The van der Waals surface area contributed by atoms with Gasteiger partial charge in [0.1, 0.15) is 48.1 Å². The van der Waals surface area contributed by atoms with Gasteiger partial charge in [-0.05, 0) is 48.5 Å². The number of halogens is 2. The number of aliphatic hydroxyl groups excluding tert-OH is 2. The first kappa shape index (κ1) is 26.8. The van der Waals surface area contributed by atoms with Crippen molar-refractivity contribution in [2.75, 3.05) is 12.3 Å². The average molecular weight is 529 g/mol. The van der Waals surface area contributed by atoms with Gasteiger partial charge in [-0.3, -0.25) is 0 Å². The van der Waals surface area contributed by atoms with Crippen LogP contribution in [0.1, 0.15) is 0 Å². The van der Waals surface area contributed by atoms with E-state index in [1.165, 1.54) is 0 Å². The molecule has 0 aliphatic carbocycles. The van der Waals surface area contributed by atoms with Gasteiger partial charge >= 0.3 is 0 Å². The topological polar surface area (TPSA) is 40.5 Å². The van der Waals surface area contributed by atoms with Crippen molar-refractivity contribution in [1.82, 2.24) is 0 Å². The third-order valence-corrected chi connectivity index (χ3v) is 16.5. The Hall–Kier alpha value is -1.76. The van der Waals surface area contributed by atoms with Gasteiger partial charge in [0, 0.05) is 0 Å². The Morgan fingerprint density at radius 1 is 0.412 bits per heavy atom. The van der Waals surface area contributed by atoms with Crippen LogP contribution in [0.25, 0.3) is 0 Å². The second-order valence-corrected chi connectivity index (χ2v) is 15.9. The van der Waals surface area contributed by atoms with E-state index in [0.717, 1.165) is 21.2 Å². The minimum atomic E-state index is -2.23. The van der Waals surface area contributed by atoms with Crippen LogP contribution in [0.3, 0.4) is 0 Å². The van der Waals surface area contributed by atoms with E-state index in [2.05, 4.69) is 48.5 Å². The first-order chi connectivity index (χ1) is 15.7. The molecule has 0 aromatic heterocycles. The molecule has 1 heterocycles. The number of rotatable bonds is 4. The van der Waals surface area contributed by atoms with Crippen LogP contribution in [-0.2, 0) is 0 Å². The van der Waals surface area contributed by atoms with Gasteiger partial charge in [0.2, 0.25) is 11.7 Å². The summed E-state index contributed by atoms with van der Waals surface area (Å²) < 4.78 is 0. The zero-order chi connectivity index (χ0) is 22.0. The number of hydrogen-bond donors (Lipinski definition) is 2. The van der Waals surface area contributed by atoms with Crippen molar-refractivity contribution in [1.29, 1.82) is 0 Å². The number of hydrogen-bond acceptors (Lipinski definition) is 2. The summed E-state index contributed by atoms with van der Waals surface area (Å²) in [5, 5.41) is 28.8. The van der Waals surface area contributed by atoms with Gasteiger partial charge in [-0.25, -0.2) is 0 Å². The maximum atomic E-state index is 12.1. The van der Waals surface area contributed by atoms with Crippen molar-refractivity contribution in [3.63, 3.8) is 0 Å². The molecule has 2 N–H and O–H groups in total. The first-order valence-electron chi connectivity index (χ1n) is 11.0. The summed E-state index contributed by atoms with van der Waals surface area (Å²) in [5.41, 5.74) is 0. The molecule has 0 spiro atoms. The largest absolute Gasteiger partial charge is 1.00 e. The normalized spacial score (nSPS) is 20.4. The average Bonchev–Trinajstić information content (AvgIpc) is 2.87. The molecule has 4 aromatic carbocycles. The van der Waals surface area contributed by atoms with Gasteiger partial charge in [0.15, 0.2) is 0 Å². The molecule has 6 heteroatoms. The van der Waals surface area contributed by atoms with Gasteiger partial charge in [-0.2, -0.15) is 0 Å². The molecular formula is C28H28Cl2O2P2. The van der Waals surface area contributed by atoms with Crippen LogP contribution in [0.15, 0.2) is 121 Å². The molecule has 0 amide bonds. The molecule has 0 unspecified atom stereocenters. The Labute approximate surface area is 215 Å². The highest BCUT2D eigenvalue weighted by atomic mass is 35.5. The Morgan fingerprint density at radius 3 is 0.824 bits per heavy atom. The Bertz CT molecular complexity index is 988. The van der Waals surface area contributed by atoms with Gasteiger partial charge in [0.25, 0.3) is 0 Å². The monoisotopic (exact) mass is 528 g/mol. The Kier molecular flexibility index (Phi) is 8.93. The highest BCUT2D eigenvalue weighted by Gasteiger charge is 2.67. The lowest BCUT2D eigenvalue weighted by atomic mass is 10.4. The fraction of sp³-hybridized carbons (Fsp3) is 0.143. The fourth-order valence-corrected chi connectivity index (χ4v) is 16.1. The van der Waals surface area contributed by atoms with E-state index in [-0.39, 0.29) is 24.8 Å². The van der Waals surface area contributed by atoms with E-state index in [4.69, 9.17) is 0 Å². The lowest BCUT2D eigenvalue weighted by Crippen LogP contribution is -3.00. The van der Waals surface area contributed by atoms with Crippen LogP contribution in [0.5, 0.6) is 0 Å². The summed E-state index contributed by atoms with van der Waals surface area (Å²) in [6, 6.07) is 41.5. The first-order valence-corrected chi connectivity index (χ1v) is 15.1. The number of benzene rings is 4. The van der Waals surface area contributed by atoms with Crippen molar-refractivity contribution in [3.8, 4) is 0 Å². The molecule has 176 valence electrons. The minimum absolute atomic E-state index is 0. The van der Waals surface area contributed by atoms with Gasteiger partial charge in [-0.15, -0.1) is 0 Å². The zero-order valence-corrected chi connectivity index (χ0v) is 22.0. The molecule has 2 atom stereocenters. The maximum absolute atomic E-state index is 12.1. The second kappa shape index (κ2) is 11.3. The summed E-state index contributed by atoms with van der Waals surface area (Å²) in [6.45, 7) is 0. The predicted octanol–water partition coefficient (Wildman–Crippen LogP) is -2.02. The quantitative estimate of drug-likeness (QED) is 0.300. The molecule has 34 heavy (non-hydrogen) atoms. The van der Waals surface area contributed by atoms with Crippen LogP contribution in [0.2, 0.25) is 0 Å². The van der Waals surface area contributed by atoms with Gasteiger partial charge < -0.3 is 35.0 Å². The molecule has 4 aromatic rings. The molecule has 0 radical (unpaired) electrons. The molecule has 0 bridgehead atoms. The van der Waals surface area contributed by atoms with E-state index in [1.54, 1.807) is 0 Å². The van der Waals surface area contributed by atoms with Crippen molar-refractivity contribution < 1.29 is 35.0 Å². The van der Waals surface area contributed by atoms with Gasteiger partial charge in [0.05, 0.1) is 0 Å². The smallest absolute Gasteiger partial charge is 0.208 e. The molecule has 1 fully saturated rings. The fourth-order valence-electron chi connectivity index (χ4n) is 5.22. The van der Waals surface area contributed by atoms with Crippen molar-refractivity contribution in [2.45, 2.75) is 11.7 Å². The molecule has 5 rings (SSSR count). The highest BCUT2D eigenvalue weighted by Crippen LogP contribution is 2.75. The maximum Gasteiger partial charge on any atom is 0.208 e. The SMILES string of the molecule is O[C@@H]1C[P+](c2ccccc2)(c2ccccc2)[C@@H](O)C[P+]1(c1ccccc1)c1ccccc1.[Cl-].[Cl-]. The van der Waals surface area contributed by atoms with E-state index >= 15 is 0 Å². The lowest BCUT2D eigenvalue weighted by Gasteiger charge is -2.43. The summed E-state index contributed by atoms with van der Waals surface area (Å²) >= 11 is 0. The van der Waals surface area contributed by atoms with Crippen molar-refractivity contribution in [3.05, 3.63) is 121 Å². The second-order valence-electron chi connectivity index (χ2n) is 8.41. The Balaban J connectivity index is 0.00000162. The highest BCUT2D eigenvalue weighted by molar-refractivity contribution is 7.96. The number of aliphatic hydroxyl groups is 2. The van der Waals surface area contributed by atoms with Crippen molar-refractivity contribution >= 4 is 35.7 Å². The van der Waals surface area contributed by atoms with E-state index < -0.39 is 26.2 Å².